The maximum atomic E-state index is 12.2. The zero-order chi connectivity index (χ0) is 17.2. The normalized spacial score (nSPS) is 11.9. The molecule has 7 heteroatoms. The molecule has 0 spiro atoms. The number of thioether (sulfide) groups is 1. The first-order chi connectivity index (χ1) is 12.2. The quantitative estimate of drug-likeness (QED) is 0.560. The molecule has 25 heavy (non-hydrogen) atoms. The standard InChI is InChI=1S/C18H17N5OS/c1-23-18(20-21-22-23)25-9-8-17(24)19-14-6-7-16-13(11-14)10-12-4-2-3-5-15(12)16/h2-7,11H,8-10H2,1H3,(H,19,24). The number of hydrogen-bond donors (Lipinski definition) is 1. The topological polar surface area (TPSA) is 72.7 Å². The number of amides is 1. The van der Waals surface area contributed by atoms with Gasteiger partial charge in [0, 0.05) is 24.9 Å². The van der Waals surface area contributed by atoms with Crippen molar-refractivity contribution in [1.29, 1.82) is 0 Å². The van der Waals surface area contributed by atoms with Crippen LogP contribution >= 0.6 is 11.8 Å². The lowest BCUT2D eigenvalue weighted by Gasteiger charge is -2.07. The van der Waals surface area contributed by atoms with Gasteiger partial charge < -0.3 is 5.32 Å². The van der Waals surface area contributed by atoms with Crippen LogP contribution in [-0.4, -0.2) is 31.9 Å². The van der Waals surface area contributed by atoms with Gasteiger partial charge in [-0.25, -0.2) is 4.68 Å². The van der Waals surface area contributed by atoms with Crippen molar-refractivity contribution in [3.63, 3.8) is 0 Å². The third-order valence-electron chi connectivity index (χ3n) is 4.22. The van der Waals surface area contributed by atoms with Crippen LogP contribution in [0.25, 0.3) is 11.1 Å². The summed E-state index contributed by atoms with van der Waals surface area (Å²) in [4.78, 5) is 12.2. The fourth-order valence-electron chi connectivity index (χ4n) is 3.02. The van der Waals surface area contributed by atoms with Gasteiger partial charge in [-0.3, -0.25) is 4.79 Å². The highest BCUT2D eigenvalue weighted by atomic mass is 32.2. The summed E-state index contributed by atoms with van der Waals surface area (Å²) >= 11 is 1.47. The minimum atomic E-state index is -0.00177. The van der Waals surface area contributed by atoms with Gasteiger partial charge >= 0.3 is 0 Å². The SMILES string of the molecule is Cn1nnnc1SCCC(=O)Nc1ccc2c(c1)Cc1ccccc1-2. The number of nitrogens with zero attached hydrogens (tertiary/aromatic N) is 4. The average molecular weight is 351 g/mol. The fourth-order valence-corrected chi connectivity index (χ4v) is 3.81. The third kappa shape index (κ3) is 3.28. The Hall–Kier alpha value is -2.67. The predicted octanol–water partition coefficient (Wildman–Crippen LogP) is 2.90. The van der Waals surface area contributed by atoms with E-state index in [-0.39, 0.29) is 5.91 Å². The van der Waals surface area contributed by atoms with Crippen LogP contribution in [0.4, 0.5) is 5.69 Å². The van der Waals surface area contributed by atoms with Crippen molar-refractivity contribution < 1.29 is 4.79 Å². The molecule has 1 aliphatic rings. The molecule has 1 aliphatic carbocycles. The molecule has 1 amide bonds. The van der Waals surface area contributed by atoms with Gasteiger partial charge in [-0.2, -0.15) is 0 Å². The second kappa shape index (κ2) is 6.68. The molecule has 0 atom stereocenters. The third-order valence-corrected chi connectivity index (χ3v) is 5.23. The molecular formula is C18H17N5OS. The van der Waals surface area contributed by atoms with E-state index in [0.29, 0.717) is 17.3 Å². The van der Waals surface area contributed by atoms with Gasteiger partial charge in [0.25, 0.3) is 0 Å². The molecule has 0 aliphatic heterocycles. The Kier molecular flexibility index (Phi) is 4.23. The van der Waals surface area contributed by atoms with Crippen LogP contribution in [0.15, 0.2) is 47.6 Å². The smallest absolute Gasteiger partial charge is 0.225 e. The summed E-state index contributed by atoms with van der Waals surface area (Å²) in [7, 11) is 1.78. The van der Waals surface area contributed by atoms with E-state index in [2.05, 4.69) is 57.2 Å². The number of benzene rings is 2. The van der Waals surface area contributed by atoms with E-state index in [9.17, 15) is 4.79 Å². The minimum Gasteiger partial charge on any atom is -0.326 e. The Morgan fingerprint density at radius 2 is 2.04 bits per heavy atom. The number of carbonyl (C=O) groups is 1. The molecule has 0 radical (unpaired) electrons. The van der Waals surface area contributed by atoms with Gasteiger partial charge in [0.1, 0.15) is 0 Å². The number of fused-ring (bicyclic) bond motifs is 3. The van der Waals surface area contributed by atoms with Crippen LogP contribution in [0.5, 0.6) is 0 Å². The van der Waals surface area contributed by atoms with E-state index >= 15 is 0 Å². The van der Waals surface area contributed by atoms with Crippen molar-refractivity contribution in [3.05, 3.63) is 53.6 Å². The van der Waals surface area contributed by atoms with Crippen LogP contribution in [0.3, 0.4) is 0 Å². The van der Waals surface area contributed by atoms with Gasteiger partial charge in [-0.05, 0) is 51.2 Å². The Bertz CT molecular complexity index is 937. The van der Waals surface area contributed by atoms with Gasteiger partial charge in [0.15, 0.2) is 0 Å². The number of aryl methyl sites for hydroxylation is 1. The zero-order valence-corrected chi connectivity index (χ0v) is 14.6. The molecule has 0 saturated heterocycles. The number of hydrogen-bond acceptors (Lipinski definition) is 5. The van der Waals surface area contributed by atoms with Crippen LogP contribution < -0.4 is 5.32 Å². The number of aromatic nitrogens is 4. The van der Waals surface area contributed by atoms with Gasteiger partial charge in [0.05, 0.1) is 0 Å². The molecule has 126 valence electrons. The monoisotopic (exact) mass is 351 g/mol. The Labute approximate surface area is 149 Å². The van der Waals surface area contributed by atoms with E-state index in [0.717, 1.165) is 12.1 Å². The Morgan fingerprint density at radius 1 is 1.20 bits per heavy atom. The average Bonchev–Trinajstić information content (AvgIpc) is 3.17. The van der Waals surface area contributed by atoms with Crippen LogP contribution in [-0.2, 0) is 18.3 Å². The zero-order valence-electron chi connectivity index (χ0n) is 13.8. The minimum absolute atomic E-state index is 0.00177. The molecule has 0 bridgehead atoms. The highest BCUT2D eigenvalue weighted by Crippen LogP contribution is 2.37. The predicted molar refractivity (Wildman–Crippen MR) is 97.5 cm³/mol. The second-order valence-electron chi connectivity index (χ2n) is 5.94. The highest BCUT2D eigenvalue weighted by Gasteiger charge is 2.18. The molecule has 3 aromatic rings. The van der Waals surface area contributed by atoms with Crippen molar-refractivity contribution in [2.24, 2.45) is 7.05 Å². The maximum absolute atomic E-state index is 12.2. The summed E-state index contributed by atoms with van der Waals surface area (Å²) in [5.41, 5.74) is 6.01. The van der Waals surface area contributed by atoms with E-state index < -0.39 is 0 Å². The summed E-state index contributed by atoms with van der Waals surface area (Å²) in [6.45, 7) is 0. The molecule has 1 heterocycles. The second-order valence-corrected chi connectivity index (χ2v) is 7.00. The molecule has 0 fully saturated rings. The molecule has 6 nitrogen and oxygen atoms in total. The molecule has 1 N–H and O–H groups in total. The van der Waals surface area contributed by atoms with Crippen LogP contribution in [0.2, 0.25) is 0 Å². The molecular weight excluding hydrogens is 334 g/mol. The van der Waals surface area contributed by atoms with Crippen LogP contribution in [0.1, 0.15) is 17.5 Å². The number of carbonyl (C=O) groups excluding carboxylic acids is 1. The first-order valence-corrected chi connectivity index (χ1v) is 9.05. The van der Waals surface area contributed by atoms with Gasteiger partial charge in [0.2, 0.25) is 11.1 Å². The Morgan fingerprint density at radius 3 is 2.88 bits per heavy atom. The van der Waals surface area contributed by atoms with Crippen molar-refractivity contribution in [2.45, 2.75) is 18.0 Å². The molecule has 0 unspecified atom stereocenters. The van der Waals surface area contributed by atoms with Crippen LogP contribution in [0, 0.1) is 0 Å². The van der Waals surface area contributed by atoms with Crippen molar-refractivity contribution in [2.75, 3.05) is 11.1 Å². The largest absolute Gasteiger partial charge is 0.326 e. The number of nitrogens with one attached hydrogen (secondary N) is 1. The first-order valence-electron chi connectivity index (χ1n) is 8.07. The summed E-state index contributed by atoms with van der Waals surface area (Å²) < 4.78 is 1.60. The van der Waals surface area contributed by atoms with Gasteiger partial charge in [-0.15, -0.1) is 5.10 Å². The van der Waals surface area contributed by atoms with Crippen molar-refractivity contribution in [3.8, 4) is 11.1 Å². The summed E-state index contributed by atoms with van der Waals surface area (Å²) in [6, 6.07) is 14.6. The van der Waals surface area contributed by atoms with Crippen molar-refractivity contribution >= 4 is 23.4 Å². The highest BCUT2D eigenvalue weighted by molar-refractivity contribution is 7.99. The first kappa shape index (κ1) is 15.8. The number of tetrazole rings is 1. The lowest BCUT2D eigenvalue weighted by atomic mass is 10.1. The summed E-state index contributed by atoms with van der Waals surface area (Å²) in [6.07, 6.45) is 1.33. The molecule has 2 aromatic carbocycles. The molecule has 0 saturated carbocycles. The fraction of sp³-hybridized carbons (Fsp3) is 0.222. The molecule has 1 aromatic heterocycles. The van der Waals surface area contributed by atoms with Gasteiger partial charge in [-0.1, -0.05) is 42.1 Å². The Balaban J connectivity index is 1.36. The van der Waals surface area contributed by atoms with E-state index in [1.54, 1.807) is 11.7 Å². The summed E-state index contributed by atoms with van der Waals surface area (Å²) in [5.74, 6) is 0.634. The molecule has 4 rings (SSSR count). The summed E-state index contributed by atoms with van der Waals surface area (Å²) in [5, 5.41) is 14.9. The van der Waals surface area contributed by atoms with Crippen molar-refractivity contribution in [1.82, 2.24) is 20.2 Å². The van der Waals surface area contributed by atoms with E-state index in [1.165, 1.54) is 34.0 Å². The maximum Gasteiger partial charge on any atom is 0.225 e. The van der Waals surface area contributed by atoms with E-state index in [4.69, 9.17) is 0 Å². The van der Waals surface area contributed by atoms with E-state index in [1.807, 2.05) is 6.07 Å². The lowest BCUT2D eigenvalue weighted by molar-refractivity contribution is -0.115. The lowest BCUT2D eigenvalue weighted by Crippen LogP contribution is -2.12. The number of rotatable bonds is 5. The number of anilines is 1.